The smallest absolute Gasteiger partial charge is 0.112 e. The molecule has 0 spiro atoms. The van der Waals surface area contributed by atoms with Crippen molar-refractivity contribution in [3.8, 4) is 0 Å². The maximum atomic E-state index is 4.32. The number of hydrogen-bond acceptors (Lipinski definition) is 3. The van der Waals surface area contributed by atoms with Crippen molar-refractivity contribution in [2.24, 2.45) is 0 Å². The van der Waals surface area contributed by atoms with E-state index >= 15 is 0 Å². The minimum absolute atomic E-state index is 0.00463. The van der Waals surface area contributed by atoms with E-state index in [4.69, 9.17) is 0 Å². The SMILES string of the molecule is C=CCCCNC(C)(C)c1nccs1. The molecule has 0 unspecified atom stereocenters. The summed E-state index contributed by atoms with van der Waals surface area (Å²) in [6.45, 7) is 9.05. The Bertz CT molecular complexity index is 265. The van der Waals surface area contributed by atoms with E-state index in [0.717, 1.165) is 24.4 Å². The number of unbranched alkanes of at least 4 members (excludes halogenated alkanes) is 1. The van der Waals surface area contributed by atoms with E-state index < -0.39 is 0 Å². The molecule has 0 amide bonds. The molecule has 2 nitrogen and oxygen atoms in total. The Labute approximate surface area is 90.1 Å². The largest absolute Gasteiger partial charge is 0.306 e. The molecule has 0 aliphatic heterocycles. The Hall–Kier alpha value is -0.670. The second-order valence-corrected chi connectivity index (χ2v) is 4.71. The first-order valence-corrected chi connectivity index (χ1v) is 5.80. The minimum atomic E-state index is -0.00463. The van der Waals surface area contributed by atoms with Crippen LogP contribution >= 0.6 is 11.3 Å². The molecule has 0 radical (unpaired) electrons. The van der Waals surface area contributed by atoms with Crippen LogP contribution < -0.4 is 5.32 Å². The van der Waals surface area contributed by atoms with Gasteiger partial charge in [0.15, 0.2) is 0 Å². The van der Waals surface area contributed by atoms with E-state index in [1.54, 1.807) is 11.3 Å². The maximum Gasteiger partial charge on any atom is 0.112 e. The Morgan fingerprint density at radius 3 is 3.00 bits per heavy atom. The lowest BCUT2D eigenvalue weighted by Gasteiger charge is -2.23. The van der Waals surface area contributed by atoms with Gasteiger partial charge in [0.2, 0.25) is 0 Å². The number of nitrogens with one attached hydrogen (secondary N) is 1. The first kappa shape index (κ1) is 11.4. The van der Waals surface area contributed by atoms with Gasteiger partial charge in [0.1, 0.15) is 5.01 Å². The monoisotopic (exact) mass is 210 g/mol. The molecule has 3 heteroatoms. The quantitative estimate of drug-likeness (QED) is 0.577. The summed E-state index contributed by atoms with van der Waals surface area (Å²) in [4.78, 5) is 4.32. The molecular weight excluding hydrogens is 192 g/mol. The van der Waals surface area contributed by atoms with Gasteiger partial charge >= 0.3 is 0 Å². The van der Waals surface area contributed by atoms with Crippen LogP contribution in [-0.2, 0) is 5.54 Å². The van der Waals surface area contributed by atoms with Crippen LogP contribution in [0.3, 0.4) is 0 Å². The summed E-state index contributed by atoms with van der Waals surface area (Å²) in [5, 5.41) is 6.66. The predicted octanol–water partition coefficient (Wildman–Crippen LogP) is 2.93. The van der Waals surface area contributed by atoms with Crippen molar-refractivity contribution in [3.63, 3.8) is 0 Å². The predicted molar refractivity (Wildman–Crippen MR) is 62.6 cm³/mol. The van der Waals surface area contributed by atoms with Crippen LogP contribution in [0, 0.1) is 0 Å². The van der Waals surface area contributed by atoms with Crippen molar-refractivity contribution in [2.75, 3.05) is 6.54 Å². The zero-order valence-electron chi connectivity index (χ0n) is 8.92. The van der Waals surface area contributed by atoms with Crippen molar-refractivity contribution in [1.82, 2.24) is 10.3 Å². The van der Waals surface area contributed by atoms with Crippen molar-refractivity contribution in [3.05, 3.63) is 29.2 Å². The lowest BCUT2D eigenvalue weighted by Crippen LogP contribution is -2.36. The summed E-state index contributed by atoms with van der Waals surface area (Å²) in [5.41, 5.74) is -0.00463. The molecular formula is C11H18N2S. The zero-order chi connectivity index (χ0) is 10.4. The van der Waals surface area contributed by atoms with Gasteiger partial charge in [-0.05, 0) is 33.2 Å². The molecule has 1 heterocycles. The van der Waals surface area contributed by atoms with Crippen molar-refractivity contribution < 1.29 is 0 Å². The second-order valence-electron chi connectivity index (χ2n) is 3.82. The van der Waals surface area contributed by atoms with Gasteiger partial charge in [0.05, 0.1) is 5.54 Å². The van der Waals surface area contributed by atoms with Gasteiger partial charge in [0, 0.05) is 11.6 Å². The van der Waals surface area contributed by atoms with Gasteiger partial charge < -0.3 is 5.32 Å². The highest BCUT2D eigenvalue weighted by atomic mass is 32.1. The summed E-state index contributed by atoms with van der Waals surface area (Å²) in [5.74, 6) is 0. The first-order chi connectivity index (χ1) is 6.67. The van der Waals surface area contributed by atoms with Crippen LogP contribution in [0.25, 0.3) is 0 Å². The molecule has 0 aliphatic rings. The van der Waals surface area contributed by atoms with Gasteiger partial charge in [-0.2, -0.15) is 0 Å². The van der Waals surface area contributed by atoms with E-state index in [1.807, 2.05) is 17.7 Å². The summed E-state index contributed by atoms with van der Waals surface area (Å²) in [6.07, 6.45) is 6.02. The lowest BCUT2D eigenvalue weighted by atomic mass is 10.1. The molecule has 0 saturated carbocycles. The molecule has 1 aromatic heterocycles. The van der Waals surface area contributed by atoms with E-state index in [9.17, 15) is 0 Å². The number of rotatable bonds is 6. The fourth-order valence-electron chi connectivity index (χ4n) is 1.26. The second kappa shape index (κ2) is 5.27. The third-order valence-corrected chi connectivity index (χ3v) is 3.22. The third-order valence-electron chi connectivity index (χ3n) is 2.12. The highest BCUT2D eigenvalue weighted by molar-refractivity contribution is 7.09. The molecule has 1 rings (SSSR count). The van der Waals surface area contributed by atoms with Gasteiger partial charge in [-0.1, -0.05) is 6.08 Å². The van der Waals surface area contributed by atoms with E-state index in [1.165, 1.54) is 0 Å². The summed E-state index contributed by atoms with van der Waals surface area (Å²) < 4.78 is 0. The zero-order valence-corrected chi connectivity index (χ0v) is 9.73. The Kier molecular flexibility index (Phi) is 4.29. The van der Waals surface area contributed by atoms with Gasteiger partial charge in [0.25, 0.3) is 0 Å². The van der Waals surface area contributed by atoms with E-state index in [0.29, 0.717) is 0 Å². The molecule has 78 valence electrons. The normalized spacial score (nSPS) is 11.6. The van der Waals surface area contributed by atoms with Crippen LogP contribution in [0.15, 0.2) is 24.2 Å². The van der Waals surface area contributed by atoms with Crippen LogP contribution in [0.2, 0.25) is 0 Å². The number of aromatic nitrogens is 1. The van der Waals surface area contributed by atoms with Crippen LogP contribution in [0.1, 0.15) is 31.7 Å². The Balaban J connectivity index is 2.38. The number of allylic oxidation sites excluding steroid dienone is 1. The van der Waals surface area contributed by atoms with Gasteiger partial charge in [-0.25, -0.2) is 4.98 Å². The highest BCUT2D eigenvalue weighted by Crippen LogP contribution is 2.21. The fraction of sp³-hybridized carbons (Fsp3) is 0.545. The fourth-order valence-corrected chi connectivity index (χ4v) is 1.99. The molecule has 1 aromatic rings. The Morgan fingerprint density at radius 1 is 1.64 bits per heavy atom. The molecule has 0 aliphatic carbocycles. The molecule has 0 bridgehead atoms. The maximum absolute atomic E-state index is 4.32. The standard InChI is InChI=1S/C11H18N2S/c1-4-5-6-7-13-11(2,3)10-12-8-9-14-10/h4,8-9,13H,1,5-7H2,2-3H3. The van der Waals surface area contributed by atoms with Crippen molar-refractivity contribution in [2.45, 2.75) is 32.2 Å². The van der Waals surface area contributed by atoms with Crippen LogP contribution in [-0.4, -0.2) is 11.5 Å². The topological polar surface area (TPSA) is 24.9 Å². The first-order valence-electron chi connectivity index (χ1n) is 4.93. The molecule has 0 atom stereocenters. The number of hydrogen-bond donors (Lipinski definition) is 1. The van der Waals surface area contributed by atoms with Crippen molar-refractivity contribution in [1.29, 1.82) is 0 Å². The minimum Gasteiger partial charge on any atom is -0.306 e. The molecule has 0 aromatic carbocycles. The summed E-state index contributed by atoms with van der Waals surface area (Å²) in [7, 11) is 0. The average molecular weight is 210 g/mol. The summed E-state index contributed by atoms with van der Waals surface area (Å²) >= 11 is 1.70. The van der Waals surface area contributed by atoms with Crippen LogP contribution in [0.5, 0.6) is 0 Å². The van der Waals surface area contributed by atoms with Gasteiger partial charge in [-0.15, -0.1) is 17.9 Å². The third kappa shape index (κ3) is 3.24. The van der Waals surface area contributed by atoms with Crippen molar-refractivity contribution >= 4 is 11.3 Å². The van der Waals surface area contributed by atoms with E-state index in [-0.39, 0.29) is 5.54 Å². The Morgan fingerprint density at radius 2 is 2.43 bits per heavy atom. The van der Waals surface area contributed by atoms with Gasteiger partial charge in [-0.3, -0.25) is 0 Å². The lowest BCUT2D eigenvalue weighted by molar-refractivity contribution is 0.399. The number of thiazole rings is 1. The molecule has 0 fully saturated rings. The number of nitrogens with zero attached hydrogens (tertiary/aromatic N) is 1. The van der Waals surface area contributed by atoms with Crippen LogP contribution in [0.4, 0.5) is 0 Å². The molecule has 1 N–H and O–H groups in total. The highest BCUT2D eigenvalue weighted by Gasteiger charge is 2.21. The molecule has 0 saturated heterocycles. The molecule has 14 heavy (non-hydrogen) atoms. The average Bonchev–Trinajstić information content (AvgIpc) is 2.65. The summed E-state index contributed by atoms with van der Waals surface area (Å²) in [6, 6.07) is 0. The van der Waals surface area contributed by atoms with E-state index in [2.05, 4.69) is 30.7 Å².